The van der Waals surface area contributed by atoms with Crippen LogP contribution in [0.3, 0.4) is 0 Å². The fraction of sp³-hybridized carbons (Fsp3) is 0.241. The first-order chi connectivity index (χ1) is 16.5. The van der Waals surface area contributed by atoms with Crippen molar-refractivity contribution in [2.75, 3.05) is 29.9 Å². The van der Waals surface area contributed by atoms with Gasteiger partial charge in [-0.2, -0.15) is 0 Å². The molecule has 0 unspecified atom stereocenters. The summed E-state index contributed by atoms with van der Waals surface area (Å²) >= 11 is 0. The van der Waals surface area contributed by atoms with Crippen molar-refractivity contribution in [1.82, 2.24) is 10.3 Å². The fourth-order valence-corrected chi connectivity index (χ4v) is 4.03. The molecular weight excluding hydrogens is 420 g/mol. The molecule has 1 amide bonds. The summed E-state index contributed by atoms with van der Waals surface area (Å²) in [6.07, 6.45) is 0. The number of benzene rings is 3. The third-order valence-corrected chi connectivity index (χ3v) is 5.98. The zero-order chi connectivity index (χ0) is 23.9. The Labute approximate surface area is 201 Å². The number of nitrogens with one attached hydrogen (secondary N) is 2. The number of carbonyl (C=O) groups excluding carboxylic acids is 1. The van der Waals surface area contributed by atoms with Gasteiger partial charge in [-0.25, -0.2) is 4.98 Å². The lowest BCUT2D eigenvalue weighted by atomic mass is 10.0. The van der Waals surface area contributed by atoms with Crippen molar-refractivity contribution in [3.05, 3.63) is 96.1 Å². The second kappa shape index (κ2) is 10.8. The van der Waals surface area contributed by atoms with Crippen LogP contribution in [-0.4, -0.2) is 30.5 Å². The number of aromatic nitrogens is 1. The SMILES string of the molecule is CCN(CCNC(=O)c1cc(Nc2ccc(C(C)C)cc2)nc2ccccc12)c1ccccc1. The molecule has 0 fully saturated rings. The first-order valence-corrected chi connectivity index (χ1v) is 11.9. The molecule has 4 aromatic rings. The number of fused-ring (bicyclic) bond motifs is 1. The van der Waals surface area contributed by atoms with E-state index in [2.05, 4.69) is 72.7 Å². The molecule has 5 heteroatoms. The van der Waals surface area contributed by atoms with Crippen LogP contribution < -0.4 is 15.5 Å². The molecule has 1 heterocycles. The van der Waals surface area contributed by atoms with Crippen LogP contribution in [0, 0.1) is 0 Å². The first-order valence-electron chi connectivity index (χ1n) is 11.9. The minimum atomic E-state index is -0.0964. The number of likely N-dealkylation sites (N-methyl/N-ethyl adjacent to an activating group) is 1. The summed E-state index contributed by atoms with van der Waals surface area (Å²) in [5.41, 5.74) is 4.79. The Kier molecular flexibility index (Phi) is 7.43. The zero-order valence-electron chi connectivity index (χ0n) is 20.1. The van der Waals surface area contributed by atoms with E-state index in [-0.39, 0.29) is 5.91 Å². The van der Waals surface area contributed by atoms with E-state index in [9.17, 15) is 4.79 Å². The average Bonchev–Trinajstić information content (AvgIpc) is 2.87. The number of carbonyl (C=O) groups is 1. The van der Waals surface area contributed by atoms with Gasteiger partial charge in [0.1, 0.15) is 5.82 Å². The fourth-order valence-electron chi connectivity index (χ4n) is 4.03. The molecule has 0 radical (unpaired) electrons. The van der Waals surface area contributed by atoms with E-state index in [1.54, 1.807) is 0 Å². The van der Waals surface area contributed by atoms with Crippen molar-refractivity contribution in [3.63, 3.8) is 0 Å². The van der Waals surface area contributed by atoms with Crippen LogP contribution in [0.2, 0.25) is 0 Å². The highest BCUT2D eigenvalue weighted by Gasteiger charge is 2.14. The van der Waals surface area contributed by atoms with E-state index in [4.69, 9.17) is 4.98 Å². The van der Waals surface area contributed by atoms with Crippen LogP contribution in [0.4, 0.5) is 17.2 Å². The third-order valence-electron chi connectivity index (χ3n) is 5.98. The van der Waals surface area contributed by atoms with Gasteiger partial charge in [0.2, 0.25) is 0 Å². The maximum Gasteiger partial charge on any atom is 0.252 e. The monoisotopic (exact) mass is 452 g/mol. The van der Waals surface area contributed by atoms with Crippen molar-refractivity contribution in [2.24, 2.45) is 0 Å². The number of para-hydroxylation sites is 2. The maximum absolute atomic E-state index is 13.2. The molecule has 5 nitrogen and oxygen atoms in total. The van der Waals surface area contributed by atoms with E-state index in [0.717, 1.165) is 35.4 Å². The van der Waals surface area contributed by atoms with Crippen LogP contribution in [0.15, 0.2) is 84.9 Å². The Bertz CT molecular complexity index is 1240. The standard InChI is InChI=1S/C29H32N4O/c1-4-33(24-10-6-5-7-11-24)19-18-30-29(34)26-20-28(32-27-13-9-8-12-25(26)27)31-23-16-14-22(15-17-23)21(2)3/h5-17,20-21H,4,18-19H2,1-3H3,(H,30,34)(H,31,32). The molecule has 0 spiro atoms. The molecule has 2 N–H and O–H groups in total. The highest BCUT2D eigenvalue weighted by Crippen LogP contribution is 2.24. The number of rotatable bonds is 9. The number of hydrogen-bond acceptors (Lipinski definition) is 4. The minimum absolute atomic E-state index is 0.0964. The van der Waals surface area contributed by atoms with E-state index >= 15 is 0 Å². The molecule has 0 aliphatic carbocycles. The van der Waals surface area contributed by atoms with Crippen molar-refractivity contribution in [2.45, 2.75) is 26.7 Å². The largest absolute Gasteiger partial charge is 0.370 e. The summed E-state index contributed by atoms with van der Waals surface area (Å²) in [5.74, 6) is 1.04. The van der Waals surface area contributed by atoms with Gasteiger partial charge in [0.15, 0.2) is 0 Å². The second-order valence-corrected chi connectivity index (χ2v) is 8.65. The predicted octanol–water partition coefficient (Wildman–Crippen LogP) is 6.36. The average molecular weight is 453 g/mol. The lowest BCUT2D eigenvalue weighted by Gasteiger charge is -2.23. The number of pyridine rings is 1. The molecule has 174 valence electrons. The Balaban J connectivity index is 1.51. The Hall–Kier alpha value is -3.86. The molecule has 0 saturated heterocycles. The summed E-state index contributed by atoms with van der Waals surface area (Å²) in [7, 11) is 0. The number of hydrogen-bond donors (Lipinski definition) is 2. The Morgan fingerprint density at radius 1 is 0.941 bits per heavy atom. The Morgan fingerprint density at radius 2 is 1.65 bits per heavy atom. The highest BCUT2D eigenvalue weighted by molar-refractivity contribution is 6.07. The molecule has 0 atom stereocenters. The van der Waals surface area contributed by atoms with Crippen LogP contribution in [0.5, 0.6) is 0 Å². The van der Waals surface area contributed by atoms with Gasteiger partial charge >= 0.3 is 0 Å². The predicted molar refractivity (Wildman–Crippen MR) is 142 cm³/mol. The zero-order valence-corrected chi connectivity index (χ0v) is 20.1. The van der Waals surface area contributed by atoms with Gasteiger partial charge < -0.3 is 15.5 Å². The van der Waals surface area contributed by atoms with Crippen LogP contribution in [0.1, 0.15) is 42.6 Å². The van der Waals surface area contributed by atoms with Crippen molar-refractivity contribution in [1.29, 1.82) is 0 Å². The molecule has 0 bridgehead atoms. The highest BCUT2D eigenvalue weighted by atomic mass is 16.1. The van der Waals surface area contributed by atoms with Gasteiger partial charge in [0, 0.05) is 36.4 Å². The molecule has 1 aromatic heterocycles. The van der Waals surface area contributed by atoms with Crippen LogP contribution in [-0.2, 0) is 0 Å². The molecule has 0 aliphatic rings. The molecular formula is C29H32N4O. The first kappa shape index (κ1) is 23.3. The van der Waals surface area contributed by atoms with Gasteiger partial charge in [-0.3, -0.25) is 4.79 Å². The smallest absolute Gasteiger partial charge is 0.252 e. The minimum Gasteiger partial charge on any atom is -0.370 e. The van der Waals surface area contributed by atoms with E-state index in [1.165, 1.54) is 5.56 Å². The molecule has 0 aliphatic heterocycles. The topological polar surface area (TPSA) is 57.3 Å². The van der Waals surface area contributed by atoms with E-state index < -0.39 is 0 Å². The lowest BCUT2D eigenvalue weighted by Crippen LogP contribution is -2.35. The summed E-state index contributed by atoms with van der Waals surface area (Å²) in [6, 6.07) is 28.2. The number of amides is 1. The van der Waals surface area contributed by atoms with Crippen molar-refractivity contribution < 1.29 is 4.79 Å². The summed E-state index contributed by atoms with van der Waals surface area (Å²) < 4.78 is 0. The number of anilines is 3. The molecule has 34 heavy (non-hydrogen) atoms. The van der Waals surface area contributed by atoms with E-state index in [0.29, 0.717) is 23.8 Å². The van der Waals surface area contributed by atoms with Gasteiger partial charge in [-0.05, 0) is 54.8 Å². The maximum atomic E-state index is 13.2. The summed E-state index contributed by atoms with van der Waals surface area (Å²) in [4.78, 5) is 20.2. The number of nitrogens with zero attached hydrogens (tertiary/aromatic N) is 2. The van der Waals surface area contributed by atoms with Gasteiger partial charge in [-0.1, -0.05) is 62.4 Å². The second-order valence-electron chi connectivity index (χ2n) is 8.65. The summed E-state index contributed by atoms with van der Waals surface area (Å²) in [5, 5.41) is 7.31. The van der Waals surface area contributed by atoms with Crippen molar-refractivity contribution >= 4 is 34.0 Å². The molecule has 4 rings (SSSR count). The van der Waals surface area contributed by atoms with E-state index in [1.807, 2.05) is 48.5 Å². The lowest BCUT2D eigenvalue weighted by molar-refractivity contribution is 0.0956. The van der Waals surface area contributed by atoms with Gasteiger partial charge in [0.05, 0.1) is 11.1 Å². The van der Waals surface area contributed by atoms with Gasteiger partial charge in [-0.15, -0.1) is 0 Å². The van der Waals surface area contributed by atoms with Gasteiger partial charge in [0.25, 0.3) is 5.91 Å². The quantitative estimate of drug-likeness (QED) is 0.310. The third kappa shape index (κ3) is 5.54. The Morgan fingerprint density at radius 3 is 2.35 bits per heavy atom. The molecule has 3 aromatic carbocycles. The normalized spacial score (nSPS) is 10.9. The van der Waals surface area contributed by atoms with Crippen LogP contribution in [0.25, 0.3) is 10.9 Å². The van der Waals surface area contributed by atoms with Crippen LogP contribution >= 0.6 is 0 Å². The van der Waals surface area contributed by atoms with Crippen molar-refractivity contribution in [3.8, 4) is 0 Å². The molecule has 0 saturated carbocycles. The summed E-state index contributed by atoms with van der Waals surface area (Å²) in [6.45, 7) is 8.65.